The number of hydrogen-bond acceptors (Lipinski definition) is 3. The minimum Gasteiger partial charge on any atom is -0.424 e. The van der Waals surface area contributed by atoms with Crippen LogP contribution in [0.15, 0.2) is 36.4 Å². The van der Waals surface area contributed by atoms with Crippen LogP contribution in [0.3, 0.4) is 0 Å². The first kappa shape index (κ1) is 12.1. The highest BCUT2D eigenvalue weighted by Gasteiger charge is 2.09. The van der Waals surface area contributed by atoms with Crippen LogP contribution in [0.5, 0.6) is 5.75 Å². The SMILES string of the molecule is CC(=O)Nc1cc2ccccc2cc1OC(C)=O. The van der Waals surface area contributed by atoms with E-state index in [1.54, 1.807) is 12.1 Å². The van der Waals surface area contributed by atoms with Crippen molar-refractivity contribution in [2.45, 2.75) is 13.8 Å². The highest BCUT2D eigenvalue weighted by atomic mass is 16.5. The molecule has 0 radical (unpaired) electrons. The van der Waals surface area contributed by atoms with Crippen molar-refractivity contribution >= 4 is 28.3 Å². The summed E-state index contributed by atoms with van der Waals surface area (Å²) in [7, 11) is 0. The molecule has 1 amide bonds. The Morgan fingerprint density at radius 2 is 1.67 bits per heavy atom. The molecule has 0 saturated heterocycles. The lowest BCUT2D eigenvalue weighted by atomic mass is 10.1. The van der Waals surface area contributed by atoms with Gasteiger partial charge in [0.25, 0.3) is 0 Å². The number of amides is 1. The first-order chi connectivity index (χ1) is 8.56. The molecule has 0 fully saturated rings. The maximum atomic E-state index is 11.1. The quantitative estimate of drug-likeness (QED) is 0.651. The molecule has 0 bridgehead atoms. The predicted octanol–water partition coefficient (Wildman–Crippen LogP) is 2.72. The topological polar surface area (TPSA) is 55.4 Å². The van der Waals surface area contributed by atoms with E-state index in [-0.39, 0.29) is 5.91 Å². The van der Waals surface area contributed by atoms with Gasteiger partial charge in [0.05, 0.1) is 5.69 Å². The summed E-state index contributed by atoms with van der Waals surface area (Å²) in [6.45, 7) is 2.74. The average Bonchev–Trinajstić information content (AvgIpc) is 2.28. The van der Waals surface area contributed by atoms with E-state index >= 15 is 0 Å². The lowest BCUT2D eigenvalue weighted by Gasteiger charge is -2.11. The molecule has 0 unspecified atom stereocenters. The average molecular weight is 243 g/mol. The fraction of sp³-hybridized carbons (Fsp3) is 0.143. The van der Waals surface area contributed by atoms with Gasteiger partial charge in [-0.05, 0) is 22.9 Å². The summed E-state index contributed by atoms with van der Waals surface area (Å²) in [5.74, 6) is -0.271. The molecule has 2 aromatic carbocycles. The Kier molecular flexibility index (Phi) is 3.28. The largest absolute Gasteiger partial charge is 0.424 e. The lowest BCUT2D eigenvalue weighted by Crippen LogP contribution is -2.09. The summed E-state index contributed by atoms with van der Waals surface area (Å²) in [6.07, 6.45) is 0. The van der Waals surface area contributed by atoms with Crippen LogP contribution in [-0.4, -0.2) is 11.9 Å². The van der Waals surface area contributed by atoms with Gasteiger partial charge in [0, 0.05) is 13.8 Å². The molecule has 0 heterocycles. The Balaban J connectivity index is 2.55. The van der Waals surface area contributed by atoms with Gasteiger partial charge in [-0.15, -0.1) is 0 Å². The van der Waals surface area contributed by atoms with Gasteiger partial charge in [0.15, 0.2) is 5.75 Å². The van der Waals surface area contributed by atoms with E-state index in [0.717, 1.165) is 10.8 Å². The van der Waals surface area contributed by atoms with Crippen LogP contribution < -0.4 is 10.1 Å². The molecule has 2 aromatic rings. The third-order valence-corrected chi connectivity index (χ3v) is 2.41. The third-order valence-electron chi connectivity index (χ3n) is 2.41. The Morgan fingerprint density at radius 3 is 2.22 bits per heavy atom. The smallest absolute Gasteiger partial charge is 0.308 e. The maximum absolute atomic E-state index is 11.1. The van der Waals surface area contributed by atoms with Gasteiger partial charge < -0.3 is 10.1 Å². The number of carbonyl (C=O) groups is 2. The Morgan fingerprint density at radius 1 is 1.06 bits per heavy atom. The first-order valence-corrected chi connectivity index (χ1v) is 5.55. The van der Waals surface area contributed by atoms with E-state index in [2.05, 4.69) is 5.32 Å². The van der Waals surface area contributed by atoms with Gasteiger partial charge in [-0.1, -0.05) is 24.3 Å². The van der Waals surface area contributed by atoms with E-state index in [1.807, 2.05) is 24.3 Å². The zero-order chi connectivity index (χ0) is 13.1. The zero-order valence-electron chi connectivity index (χ0n) is 10.2. The van der Waals surface area contributed by atoms with E-state index in [0.29, 0.717) is 11.4 Å². The van der Waals surface area contributed by atoms with Crippen molar-refractivity contribution in [1.82, 2.24) is 0 Å². The van der Waals surface area contributed by atoms with Crippen LogP contribution in [0.2, 0.25) is 0 Å². The zero-order valence-corrected chi connectivity index (χ0v) is 10.2. The van der Waals surface area contributed by atoms with Crippen molar-refractivity contribution in [3.05, 3.63) is 36.4 Å². The number of anilines is 1. The molecule has 92 valence electrons. The van der Waals surface area contributed by atoms with Gasteiger partial charge in [0.1, 0.15) is 0 Å². The number of nitrogens with one attached hydrogen (secondary N) is 1. The molecule has 1 N–H and O–H groups in total. The predicted molar refractivity (Wildman–Crippen MR) is 69.6 cm³/mol. The number of ether oxygens (including phenoxy) is 1. The van der Waals surface area contributed by atoms with Gasteiger partial charge in [-0.25, -0.2) is 0 Å². The number of esters is 1. The van der Waals surface area contributed by atoms with Gasteiger partial charge in [-0.2, -0.15) is 0 Å². The summed E-state index contributed by atoms with van der Waals surface area (Å²) in [5.41, 5.74) is 0.497. The molecule has 4 heteroatoms. The highest BCUT2D eigenvalue weighted by Crippen LogP contribution is 2.30. The molecule has 0 aliphatic carbocycles. The first-order valence-electron chi connectivity index (χ1n) is 5.55. The molecule has 18 heavy (non-hydrogen) atoms. The normalized spacial score (nSPS) is 10.1. The summed E-state index contributed by atoms with van der Waals surface area (Å²) < 4.78 is 5.10. The molecular formula is C14H13NO3. The molecule has 0 aliphatic rings. The van der Waals surface area contributed by atoms with Crippen molar-refractivity contribution < 1.29 is 14.3 Å². The van der Waals surface area contributed by atoms with Crippen molar-refractivity contribution in [3.8, 4) is 5.75 Å². The fourth-order valence-electron chi connectivity index (χ4n) is 1.75. The van der Waals surface area contributed by atoms with Crippen molar-refractivity contribution in [3.63, 3.8) is 0 Å². The van der Waals surface area contributed by atoms with E-state index in [1.165, 1.54) is 13.8 Å². The summed E-state index contributed by atoms with van der Waals surface area (Å²) in [6, 6.07) is 11.2. The molecule has 0 aliphatic heterocycles. The van der Waals surface area contributed by atoms with Gasteiger partial charge >= 0.3 is 5.97 Å². The monoisotopic (exact) mass is 243 g/mol. The van der Waals surface area contributed by atoms with Crippen LogP contribution in [0.25, 0.3) is 10.8 Å². The van der Waals surface area contributed by atoms with Gasteiger partial charge in [0.2, 0.25) is 5.91 Å². The number of rotatable bonds is 2. The number of benzene rings is 2. The summed E-state index contributed by atoms with van der Waals surface area (Å²) in [4.78, 5) is 22.2. The molecule has 0 aromatic heterocycles. The minimum absolute atomic E-state index is 0.210. The third kappa shape index (κ3) is 2.66. The second-order valence-electron chi connectivity index (χ2n) is 3.97. The maximum Gasteiger partial charge on any atom is 0.308 e. The van der Waals surface area contributed by atoms with Crippen molar-refractivity contribution in [2.75, 3.05) is 5.32 Å². The Hall–Kier alpha value is -2.36. The summed E-state index contributed by atoms with van der Waals surface area (Å²) in [5, 5.41) is 4.57. The molecule has 4 nitrogen and oxygen atoms in total. The van der Waals surface area contributed by atoms with Crippen LogP contribution >= 0.6 is 0 Å². The molecular weight excluding hydrogens is 230 g/mol. The number of carbonyl (C=O) groups excluding carboxylic acids is 2. The fourth-order valence-corrected chi connectivity index (χ4v) is 1.75. The van der Waals surface area contributed by atoms with Crippen LogP contribution in [0.4, 0.5) is 5.69 Å². The minimum atomic E-state index is -0.420. The van der Waals surface area contributed by atoms with E-state index in [9.17, 15) is 9.59 Å². The molecule has 0 atom stereocenters. The Labute approximate surface area is 105 Å². The highest BCUT2D eigenvalue weighted by molar-refractivity contribution is 5.96. The molecule has 2 rings (SSSR count). The Bertz CT molecular complexity index is 565. The van der Waals surface area contributed by atoms with Crippen LogP contribution in [0.1, 0.15) is 13.8 Å². The van der Waals surface area contributed by atoms with Crippen LogP contribution in [0, 0.1) is 0 Å². The van der Waals surface area contributed by atoms with Crippen LogP contribution in [-0.2, 0) is 9.59 Å². The van der Waals surface area contributed by atoms with E-state index < -0.39 is 5.97 Å². The second kappa shape index (κ2) is 4.87. The second-order valence-corrected chi connectivity index (χ2v) is 3.97. The molecule has 0 spiro atoms. The standard InChI is InChI=1S/C14H13NO3/c1-9(16)15-13-7-11-5-3-4-6-12(11)8-14(13)18-10(2)17/h3-8H,1-2H3,(H,15,16). The summed E-state index contributed by atoms with van der Waals surface area (Å²) >= 11 is 0. The number of hydrogen-bond donors (Lipinski definition) is 1. The van der Waals surface area contributed by atoms with Gasteiger partial charge in [-0.3, -0.25) is 9.59 Å². The van der Waals surface area contributed by atoms with Crippen molar-refractivity contribution in [1.29, 1.82) is 0 Å². The van der Waals surface area contributed by atoms with Crippen molar-refractivity contribution in [2.24, 2.45) is 0 Å². The van der Waals surface area contributed by atoms with E-state index in [4.69, 9.17) is 4.74 Å². The molecule has 0 saturated carbocycles. The lowest BCUT2D eigenvalue weighted by molar-refractivity contribution is -0.131. The number of fused-ring (bicyclic) bond motifs is 1.